The number of rotatable bonds is 4. The number of carbonyl (C=O) groups excluding carboxylic acids is 1. The Hall–Kier alpha value is -1.94. The van der Waals surface area contributed by atoms with Crippen LogP contribution in [-0.2, 0) is 4.79 Å². The number of pyridine rings is 1. The average molecular weight is 285 g/mol. The van der Waals surface area contributed by atoms with Crippen LogP contribution in [0.15, 0.2) is 36.5 Å². The summed E-state index contributed by atoms with van der Waals surface area (Å²) in [6, 6.07) is 9.76. The molecule has 112 valence electrons. The molecule has 2 rings (SSSR count). The molecule has 0 spiro atoms. The monoisotopic (exact) mass is 285 g/mol. The lowest BCUT2D eigenvalue weighted by Gasteiger charge is -2.24. The quantitative estimate of drug-likeness (QED) is 0.906. The van der Waals surface area contributed by atoms with Crippen LogP contribution in [0.5, 0.6) is 0 Å². The van der Waals surface area contributed by atoms with Gasteiger partial charge < -0.3 is 11.1 Å². The SMILES string of the molecule is CC(C)(C)CC(CN)C(=O)Nc1cnc2ccccc2c1. The molecule has 0 fully saturated rings. The topological polar surface area (TPSA) is 68.0 Å². The Bertz CT molecular complexity index is 631. The van der Waals surface area contributed by atoms with Crippen LogP contribution in [-0.4, -0.2) is 17.4 Å². The lowest BCUT2D eigenvalue weighted by atomic mass is 9.84. The Morgan fingerprint density at radius 1 is 1.33 bits per heavy atom. The zero-order chi connectivity index (χ0) is 15.5. The maximum Gasteiger partial charge on any atom is 0.228 e. The molecule has 1 heterocycles. The van der Waals surface area contributed by atoms with E-state index in [4.69, 9.17) is 5.73 Å². The van der Waals surface area contributed by atoms with Crippen LogP contribution in [0.4, 0.5) is 5.69 Å². The number of para-hydroxylation sites is 1. The van der Waals surface area contributed by atoms with E-state index in [1.807, 2.05) is 30.3 Å². The number of hydrogen-bond donors (Lipinski definition) is 2. The second-order valence-electron chi connectivity index (χ2n) is 6.60. The normalized spacial score (nSPS) is 13.1. The summed E-state index contributed by atoms with van der Waals surface area (Å²) in [5.74, 6) is -0.221. The number of nitrogens with zero attached hydrogens (tertiary/aromatic N) is 1. The van der Waals surface area contributed by atoms with Crippen LogP contribution in [0, 0.1) is 11.3 Å². The van der Waals surface area contributed by atoms with Crippen molar-refractivity contribution >= 4 is 22.5 Å². The van der Waals surface area contributed by atoms with Gasteiger partial charge in [-0.05, 0) is 24.0 Å². The van der Waals surface area contributed by atoms with E-state index in [0.717, 1.165) is 17.3 Å². The first kappa shape index (κ1) is 15.4. The highest BCUT2D eigenvalue weighted by molar-refractivity contribution is 5.94. The molecule has 0 radical (unpaired) electrons. The molecule has 1 atom stereocenters. The van der Waals surface area contributed by atoms with Gasteiger partial charge in [0, 0.05) is 11.9 Å². The summed E-state index contributed by atoms with van der Waals surface area (Å²) in [6.45, 7) is 6.69. The first-order chi connectivity index (χ1) is 9.89. The third-order valence-corrected chi connectivity index (χ3v) is 3.37. The van der Waals surface area contributed by atoms with Gasteiger partial charge >= 0.3 is 0 Å². The fourth-order valence-corrected chi connectivity index (χ4v) is 2.41. The smallest absolute Gasteiger partial charge is 0.228 e. The molecule has 0 bridgehead atoms. The van der Waals surface area contributed by atoms with Crippen LogP contribution in [0.1, 0.15) is 27.2 Å². The molecule has 1 amide bonds. The molecule has 21 heavy (non-hydrogen) atoms. The lowest BCUT2D eigenvalue weighted by molar-refractivity contribution is -0.120. The van der Waals surface area contributed by atoms with Gasteiger partial charge in [-0.25, -0.2) is 0 Å². The van der Waals surface area contributed by atoms with Gasteiger partial charge in [0.15, 0.2) is 0 Å². The highest BCUT2D eigenvalue weighted by atomic mass is 16.1. The predicted molar refractivity (Wildman–Crippen MR) is 87.0 cm³/mol. The molecular weight excluding hydrogens is 262 g/mol. The van der Waals surface area contributed by atoms with Gasteiger partial charge in [-0.3, -0.25) is 9.78 Å². The van der Waals surface area contributed by atoms with E-state index in [9.17, 15) is 4.79 Å². The molecule has 4 nitrogen and oxygen atoms in total. The Balaban J connectivity index is 2.12. The second kappa shape index (κ2) is 6.22. The highest BCUT2D eigenvalue weighted by Crippen LogP contribution is 2.25. The summed E-state index contributed by atoms with van der Waals surface area (Å²) in [5.41, 5.74) is 7.45. The molecule has 0 aliphatic heterocycles. The van der Waals surface area contributed by atoms with E-state index in [1.54, 1.807) is 6.20 Å². The molecule has 0 saturated carbocycles. The maximum absolute atomic E-state index is 12.3. The van der Waals surface area contributed by atoms with Gasteiger partial charge in [0.1, 0.15) is 0 Å². The minimum absolute atomic E-state index is 0.0375. The molecular formula is C17H23N3O. The third-order valence-electron chi connectivity index (χ3n) is 3.37. The largest absolute Gasteiger partial charge is 0.330 e. The van der Waals surface area contributed by atoms with Crippen LogP contribution in [0.3, 0.4) is 0 Å². The van der Waals surface area contributed by atoms with Gasteiger partial charge in [0.05, 0.1) is 23.3 Å². The van der Waals surface area contributed by atoms with Gasteiger partial charge in [-0.1, -0.05) is 39.0 Å². The van der Waals surface area contributed by atoms with Crippen LogP contribution in [0.25, 0.3) is 10.9 Å². The van der Waals surface area contributed by atoms with Crippen molar-refractivity contribution in [3.63, 3.8) is 0 Å². The van der Waals surface area contributed by atoms with Crippen molar-refractivity contribution in [1.29, 1.82) is 0 Å². The number of benzene rings is 1. The van der Waals surface area contributed by atoms with Crippen LogP contribution in [0.2, 0.25) is 0 Å². The first-order valence-electron chi connectivity index (χ1n) is 7.25. The molecule has 3 N–H and O–H groups in total. The number of fused-ring (bicyclic) bond motifs is 1. The highest BCUT2D eigenvalue weighted by Gasteiger charge is 2.23. The van der Waals surface area contributed by atoms with Gasteiger partial charge in [0.25, 0.3) is 0 Å². The standard InChI is InChI=1S/C17H23N3O/c1-17(2,3)9-13(10-18)16(21)20-14-8-12-6-4-5-7-15(12)19-11-14/h4-8,11,13H,9-10,18H2,1-3H3,(H,20,21). The average Bonchev–Trinajstić information content (AvgIpc) is 2.43. The number of carbonyl (C=O) groups is 1. The summed E-state index contributed by atoms with van der Waals surface area (Å²) in [5, 5.41) is 3.94. The van der Waals surface area contributed by atoms with E-state index in [2.05, 4.69) is 31.1 Å². The number of aromatic nitrogens is 1. The molecule has 2 aromatic rings. The number of amides is 1. The van der Waals surface area contributed by atoms with Gasteiger partial charge in [-0.2, -0.15) is 0 Å². The molecule has 1 aromatic carbocycles. The van der Waals surface area contributed by atoms with Crippen molar-refractivity contribution < 1.29 is 4.79 Å². The summed E-state index contributed by atoms with van der Waals surface area (Å²) >= 11 is 0. The van der Waals surface area contributed by atoms with Crippen LogP contribution >= 0.6 is 0 Å². The fraction of sp³-hybridized carbons (Fsp3) is 0.412. The third kappa shape index (κ3) is 4.26. The van der Waals surface area contributed by atoms with Crippen molar-refractivity contribution in [2.75, 3.05) is 11.9 Å². The summed E-state index contributed by atoms with van der Waals surface area (Å²) < 4.78 is 0. The maximum atomic E-state index is 12.3. The molecule has 0 saturated heterocycles. The molecule has 1 unspecified atom stereocenters. The van der Waals surface area contributed by atoms with Crippen LogP contribution < -0.4 is 11.1 Å². The second-order valence-corrected chi connectivity index (χ2v) is 6.60. The van der Waals surface area contributed by atoms with Gasteiger partial charge in [0.2, 0.25) is 5.91 Å². The molecule has 0 aliphatic carbocycles. The van der Waals surface area contributed by atoms with Crippen molar-refractivity contribution in [1.82, 2.24) is 4.98 Å². The molecule has 4 heteroatoms. The molecule has 1 aromatic heterocycles. The van der Waals surface area contributed by atoms with E-state index in [-0.39, 0.29) is 17.2 Å². The van der Waals surface area contributed by atoms with E-state index in [0.29, 0.717) is 12.2 Å². The van der Waals surface area contributed by atoms with Crippen molar-refractivity contribution in [2.24, 2.45) is 17.1 Å². The lowest BCUT2D eigenvalue weighted by Crippen LogP contribution is -2.32. The number of anilines is 1. The summed E-state index contributed by atoms with van der Waals surface area (Å²) in [4.78, 5) is 16.7. The zero-order valence-electron chi connectivity index (χ0n) is 12.9. The minimum Gasteiger partial charge on any atom is -0.330 e. The number of nitrogens with two attached hydrogens (primary N) is 1. The van der Waals surface area contributed by atoms with E-state index in [1.165, 1.54) is 0 Å². The minimum atomic E-state index is -0.184. The Labute approximate surface area is 125 Å². The Morgan fingerprint density at radius 2 is 2.05 bits per heavy atom. The fourth-order valence-electron chi connectivity index (χ4n) is 2.41. The first-order valence-corrected chi connectivity index (χ1v) is 7.25. The number of hydrogen-bond acceptors (Lipinski definition) is 3. The summed E-state index contributed by atoms with van der Waals surface area (Å²) in [6.07, 6.45) is 2.45. The number of nitrogens with one attached hydrogen (secondary N) is 1. The Morgan fingerprint density at radius 3 is 2.71 bits per heavy atom. The Kier molecular flexibility index (Phi) is 4.58. The van der Waals surface area contributed by atoms with Crippen molar-refractivity contribution in [3.8, 4) is 0 Å². The zero-order valence-corrected chi connectivity index (χ0v) is 12.9. The van der Waals surface area contributed by atoms with Crippen molar-refractivity contribution in [2.45, 2.75) is 27.2 Å². The van der Waals surface area contributed by atoms with E-state index >= 15 is 0 Å². The van der Waals surface area contributed by atoms with Crippen molar-refractivity contribution in [3.05, 3.63) is 36.5 Å². The van der Waals surface area contributed by atoms with Gasteiger partial charge in [-0.15, -0.1) is 0 Å². The predicted octanol–water partition coefficient (Wildman–Crippen LogP) is 3.18. The summed E-state index contributed by atoms with van der Waals surface area (Å²) in [7, 11) is 0. The molecule has 0 aliphatic rings. The van der Waals surface area contributed by atoms with E-state index < -0.39 is 0 Å².